The molecule has 0 aliphatic heterocycles. The largest absolute Gasteiger partial charge is 0.462 e. The summed E-state index contributed by atoms with van der Waals surface area (Å²) in [7, 11) is 0. The minimum Gasteiger partial charge on any atom is -0.462 e. The highest BCUT2D eigenvalue weighted by atomic mass is 79.9. The topological polar surface area (TPSA) is 39.2 Å². The molecular weight excluding hydrogens is 308 g/mol. The Labute approximate surface area is 110 Å². The van der Waals surface area contributed by atoms with E-state index in [1.165, 1.54) is 6.07 Å². The molecule has 94 valence electrons. The van der Waals surface area contributed by atoms with Crippen molar-refractivity contribution >= 4 is 32.8 Å². The minimum absolute atomic E-state index is 0.130. The van der Waals surface area contributed by atoms with E-state index in [1.54, 1.807) is 6.92 Å². The number of fused-ring (bicyclic) bond motifs is 1. The van der Waals surface area contributed by atoms with E-state index in [1.807, 2.05) is 0 Å². The second-order valence-corrected chi connectivity index (χ2v) is 4.26. The molecule has 0 N–H and O–H groups in total. The third kappa shape index (κ3) is 2.08. The maximum atomic E-state index is 13.5. The molecule has 0 bridgehead atoms. The molecule has 0 spiro atoms. The summed E-state index contributed by atoms with van der Waals surface area (Å²) in [6, 6.07) is 2.34. The van der Waals surface area contributed by atoms with Gasteiger partial charge in [0.25, 0.3) is 0 Å². The fourth-order valence-corrected chi connectivity index (χ4v) is 2.11. The SMILES string of the molecule is CCOC(=O)c1cnc2c(F)c(F)ccc2c1Br. The summed E-state index contributed by atoms with van der Waals surface area (Å²) >= 11 is 3.18. The van der Waals surface area contributed by atoms with Crippen LogP contribution in [-0.4, -0.2) is 17.6 Å². The van der Waals surface area contributed by atoms with Gasteiger partial charge in [-0.15, -0.1) is 0 Å². The van der Waals surface area contributed by atoms with Crippen LogP contribution in [-0.2, 0) is 4.74 Å². The summed E-state index contributed by atoms with van der Waals surface area (Å²) in [5.41, 5.74) is 0.0466. The smallest absolute Gasteiger partial charge is 0.340 e. The van der Waals surface area contributed by atoms with E-state index in [-0.39, 0.29) is 17.7 Å². The highest BCUT2D eigenvalue weighted by Crippen LogP contribution is 2.29. The van der Waals surface area contributed by atoms with Gasteiger partial charge in [-0.05, 0) is 35.0 Å². The second kappa shape index (κ2) is 4.97. The van der Waals surface area contributed by atoms with Crippen molar-refractivity contribution in [3.63, 3.8) is 0 Å². The van der Waals surface area contributed by atoms with E-state index in [9.17, 15) is 13.6 Å². The molecular formula is C12H8BrF2NO2. The molecule has 0 fully saturated rings. The van der Waals surface area contributed by atoms with Crippen LogP contribution in [0.5, 0.6) is 0 Å². The number of pyridine rings is 1. The molecule has 3 nitrogen and oxygen atoms in total. The van der Waals surface area contributed by atoms with E-state index >= 15 is 0 Å². The number of carbonyl (C=O) groups is 1. The Morgan fingerprint density at radius 1 is 1.44 bits per heavy atom. The molecule has 0 atom stereocenters. The van der Waals surface area contributed by atoms with Crippen LogP contribution in [0.4, 0.5) is 8.78 Å². The number of rotatable bonds is 2. The maximum absolute atomic E-state index is 13.5. The number of esters is 1. The molecule has 0 saturated heterocycles. The number of hydrogen-bond acceptors (Lipinski definition) is 3. The first-order valence-electron chi connectivity index (χ1n) is 5.15. The molecule has 0 saturated carbocycles. The summed E-state index contributed by atoms with van der Waals surface area (Å²) in [5, 5.41) is 0.319. The van der Waals surface area contributed by atoms with Crippen molar-refractivity contribution in [1.29, 1.82) is 0 Å². The van der Waals surface area contributed by atoms with E-state index in [0.717, 1.165) is 12.3 Å². The Morgan fingerprint density at radius 3 is 2.83 bits per heavy atom. The van der Waals surface area contributed by atoms with Crippen molar-refractivity contribution in [3.8, 4) is 0 Å². The van der Waals surface area contributed by atoms with Crippen molar-refractivity contribution in [3.05, 3.63) is 40.0 Å². The predicted octanol–water partition coefficient (Wildman–Crippen LogP) is 3.45. The van der Waals surface area contributed by atoms with E-state index in [2.05, 4.69) is 20.9 Å². The predicted molar refractivity (Wildman–Crippen MR) is 65.3 cm³/mol. The minimum atomic E-state index is -1.04. The number of ether oxygens (including phenoxy) is 1. The highest BCUT2D eigenvalue weighted by Gasteiger charge is 2.17. The summed E-state index contributed by atoms with van der Waals surface area (Å²) in [4.78, 5) is 15.4. The molecule has 6 heteroatoms. The summed E-state index contributed by atoms with van der Waals surface area (Å²) in [5.74, 6) is -2.59. The molecule has 18 heavy (non-hydrogen) atoms. The quantitative estimate of drug-likeness (QED) is 0.797. The third-order valence-electron chi connectivity index (χ3n) is 2.36. The van der Waals surface area contributed by atoms with Crippen molar-refractivity contribution in [2.45, 2.75) is 6.92 Å². The maximum Gasteiger partial charge on any atom is 0.340 e. The first kappa shape index (κ1) is 12.9. The van der Waals surface area contributed by atoms with Crippen molar-refractivity contribution in [2.24, 2.45) is 0 Å². The van der Waals surface area contributed by atoms with Crippen molar-refractivity contribution < 1.29 is 18.3 Å². The Kier molecular flexibility index (Phi) is 3.56. The fourth-order valence-electron chi connectivity index (χ4n) is 1.53. The summed E-state index contributed by atoms with van der Waals surface area (Å²) < 4.78 is 31.7. The number of benzene rings is 1. The Hall–Kier alpha value is -1.56. The average molecular weight is 316 g/mol. The van der Waals surface area contributed by atoms with Gasteiger partial charge in [-0.1, -0.05) is 0 Å². The first-order chi connectivity index (χ1) is 8.56. The van der Waals surface area contributed by atoms with E-state index in [0.29, 0.717) is 9.86 Å². The third-order valence-corrected chi connectivity index (χ3v) is 3.21. The van der Waals surface area contributed by atoms with E-state index < -0.39 is 17.6 Å². The van der Waals surface area contributed by atoms with Gasteiger partial charge in [0.05, 0.1) is 12.2 Å². The van der Waals surface area contributed by atoms with Crippen LogP contribution in [0, 0.1) is 11.6 Å². The molecule has 0 unspecified atom stereocenters. The molecule has 0 amide bonds. The van der Waals surface area contributed by atoms with Crippen LogP contribution in [0.3, 0.4) is 0 Å². The lowest BCUT2D eigenvalue weighted by atomic mass is 10.1. The van der Waals surface area contributed by atoms with Gasteiger partial charge in [0.1, 0.15) is 5.52 Å². The average Bonchev–Trinajstić information content (AvgIpc) is 2.34. The molecule has 1 aromatic heterocycles. The normalized spacial score (nSPS) is 10.7. The monoisotopic (exact) mass is 315 g/mol. The zero-order valence-corrected chi connectivity index (χ0v) is 10.9. The van der Waals surface area contributed by atoms with Gasteiger partial charge in [0, 0.05) is 16.1 Å². The first-order valence-corrected chi connectivity index (χ1v) is 5.95. The van der Waals surface area contributed by atoms with Crippen LogP contribution >= 0.6 is 15.9 Å². The van der Waals surface area contributed by atoms with Gasteiger partial charge in [0.15, 0.2) is 11.6 Å². The van der Waals surface area contributed by atoms with Gasteiger partial charge < -0.3 is 4.74 Å². The number of hydrogen-bond donors (Lipinski definition) is 0. The molecule has 0 aliphatic rings. The van der Waals surface area contributed by atoms with Crippen molar-refractivity contribution in [1.82, 2.24) is 4.98 Å². The lowest BCUT2D eigenvalue weighted by Crippen LogP contribution is -2.07. The van der Waals surface area contributed by atoms with Crippen molar-refractivity contribution in [2.75, 3.05) is 6.61 Å². The van der Waals surface area contributed by atoms with Gasteiger partial charge >= 0.3 is 5.97 Å². The zero-order valence-electron chi connectivity index (χ0n) is 9.34. The van der Waals surface area contributed by atoms with Crippen LogP contribution in [0.2, 0.25) is 0 Å². The number of nitrogens with zero attached hydrogens (tertiary/aromatic N) is 1. The van der Waals surface area contributed by atoms with Gasteiger partial charge in [-0.25, -0.2) is 13.6 Å². The number of halogens is 3. The van der Waals surface area contributed by atoms with Crippen LogP contribution < -0.4 is 0 Å². The number of carbonyl (C=O) groups excluding carboxylic acids is 1. The molecule has 1 heterocycles. The van der Waals surface area contributed by atoms with Gasteiger partial charge in [0.2, 0.25) is 0 Å². The van der Waals surface area contributed by atoms with E-state index in [4.69, 9.17) is 4.74 Å². The Morgan fingerprint density at radius 2 is 2.17 bits per heavy atom. The molecule has 1 aromatic carbocycles. The lowest BCUT2D eigenvalue weighted by molar-refractivity contribution is 0.0525. The molecule has 0 radical (unpaired) electrons. The Bertz CT molecular complexity index is 631. The number of aromatic nitrogens is 1. The molecule has 0 aliphatic carbocycles. The van der Waals surface area contributed by atoms with Gasteiger partial charge in [-0.2, -0.15) is 0 Å². The second-order valence-electron chi connectivity index (χ2n) is 3.46. The Balaban J connectivity index is 2.65. The van der Waals surface area contributed by atoms with Crippen LogP contribution in [0.25, 0.3) is 10.9 Å². The molecule has 2 rings (SSSR count). The lowest BCUT2D eigenvalue weighted by Gasteiger charge is -2.07. The molecule has 2 aromatic rings. The standard InChI is InChI=1S/C12H8BrF2NO2/c1-2-18-12(17)7-5-16-11-6(9(7)13)3-4-8(14)10(11)15/h3-5H,2H2,1H3. The van der Waals surface area contributed by atoms with Gasteiger partial charge in [-0.3, -0.25) is 4.98 Å². The summed E-state index contributed by atoms with van der Waals surface area (Å²) in [6.45, 7) is 1.90. The fraction of sp³-hybridized carbons (Fsp3) is 0.167. The zero-order chi connectivity index (χ0) is 13.3. The highest BCUT2D eigenvalue weighted by molar-refractivity contribution is 9.10. The van der Waals surface area contributed by atoms with Crippen LogP contribution in [0.1, 0.15) is 17.3 Å². The van der Waals surface area contributed by atoms with Crippen LogP contribution in [0.15, 0.2) is 22.8 Å². The summed E-state index contributed by atoms with van der Waals surface area (Å²) in [6.07, 6.45) is 1.16.